The summed E-state index contributed by atoms with van der Waals surface area (Å²) in [4.78, 5) is 38.2. The minimum Gasteiger partial charge on any atom is -0.463 e. The second-order valence-corrected chi connectivity index (χ2v) is 13.5. The molecule has 0 aliphatic carbocycles. The van der Waals surface area contributed by atoms with E-state index in [0.29, 0.717) is 0 Å². The number of ether oxygens (including phenoxy) is 2. The SMILES string of the molecule is Cc1cccc(OP(=O)(C[C@@H](C)C(=O)OC(C)C)OC[C@H]2O[C@@H](n3ccc(=O)[nH]c3=O)[C@](Cl)(Br)[C@@H]2O)c1. The van der Waals surface area contributed by atoms with E-state index in [0.717, 1.165) is 16.2 Å². The van der Waals surface area contributed by atoms with Crippen molar-refractivity contribution in [2.75, 3.05) is 12.8 Å². The maximum Gasteiger partial charge on any atom is 0.380 e. The summed E-state index contributed by atoms with van der Waals surface area (Å²) in [6, 6.07) is 7.91. The summed E-state index contributed by atoms with van der Waals surface area (Å²) in [5.74, 6) is -1.13. The van der Waals surface area contributed by atoms with Crippen molar-refractivity contribution < 1.29 is 33.0 Å². The molecule has 0 radical (unpaired) electrons. The molecule has 11 nitrogen and oxygen atoms in total. The summed E-state index contributed by atoms with van der Waals surface area (Å²) in [6.45, 7) is 6.32. The Morgan fingerprint density at radius 2 is 2.03 bits per heavy atom. The Bertz CT molecular complexity index is 1280. The second kappa shape index (κ2) is 11.8. The van der Waals surface area contributed by atoms with Crippen molar-refractivity contribution in [1.82, 2.24) is 9.55 Å². The van der Waals surface area contributed by atoms with Crippen LogP contribution in [0.5, 0.6) is 5.75 Å². The number of nitrogens with one attached hydrogen (secondary N) is 1. The molecule has 1 saturated heterocycles. The van der Waals surface area contributed by atoms with Crippen molar-refractivity contribution in [3.63, 3.8) is 0 Å². The minimum absolute atomic E-state index is 0.269. The van der Waals surface area contributed by atoms with Crippen LogP contribution in [0, 0.1) is 12.8 Å². The van der Waals surface area contributed by atoms with Crippen molar-refractivity contribution in [2.45, 2.75) is 56.0 Å². The molecule has 204 valence electrons. The molecule has 14 heteroatoms. The zero-order valence-corrected chi connectivity index (χ0v) is 23.9. The average Bonchev–Trinajstić information content (AvgIpc) is 3.00. The van der Waals surface area contributed by atoms with E-state index in [1.54, 1.807) is 39.0 Å². The summed E-state index contributed by atoms with van der Waals surface area (Å²) >= 11 is 9.66. The maximum absolute atomic E-state index is 13.8. The van der Waals surface area contributed by atoms with Gasteiger partial charge in [0.05, 0.1) is 24.8 Å². The molecule has 1 aromatic heterocycles. The third-order valence-electron chi connectivity index (χ3n) is 5.40. The van der Waals surface area contributed by atoms with Crippen molar-refractivity contribution in [3.05, 3.63) is 62.9 Å². The molecule has 1 unspecified atom stereocenters. The maximum atomic E-state index is 13.8. The van der Waals surface area contributed by atoms with Crippen LogP contribution in [0.2, 0.25) is 0 Å². The molecule has 2 N–H and O–H groups in total. The van der Waals surface area contributed by atoms with E-state index in [4.69, 9.17) is 30.1 Å². The quantitative estimate of drug-likeness (QED) is 0.231. The lowest BCUT2D eigenvalue weighted by Gasteiger charge is -2.25. The van der Waals surface area contributed by atoms with Gasteiger partial charge in [-0.3, -0.25) is 23.7 Å². The molecule has 0 saturated carbocycles. The van der Waals surface area contributed by atoms with Gasteiger partial charge in [-0.15, -0.1) is 0 Å². The predicted octanol–water partition coefficient (Wildman–Crippen LogP) is 3.31. The standard InChI is InChI=1S/C23H29BrClN2O9P/c1-13(2)34-20(30)15(4)12-37(32,36-16-7-5-6-14(3)10-16)33-11-17-19(29)23(24,25)21(35-17)27-9-8-18(28)26-22(27)31/h5-10,13,15,17,19,21,29H,11-12H2,1-4H3,(H,26,28,31)/t15-,17-,19-,21-,23+,37?/m1/s1. The van der Waals surface area contributed by atoms with Gasteiger partial charge in [0, 0.05) is 12.3 Å². The van der Waals surface area contributed by atoms with Crippen LogP contribution in [-0.4, -0.2) is 55.5 Å². The zero-order chi connectivity index (χ0) is 27.5. The molecule has 1 aliphatic heterocycles. The van der Waals surface area contributed by atoms with Gasteiger partial charge < -0.3 is 19.1 Å². The van der Waals surface area contributed by atoms with Crippen LogP contribution in [0.3, 0.4) is 0 Å². The van der Waals surface area contributed by atoms with Crippen LogP contribution in [0.1, 0.15) is 32.6 Å². The molecule has 0 amide bonds. The monoisotopic (exact) mass is 622 g/mol. The molecule has 1 aliphatic rings. The summed E-state index contributed by atoms with van der Waals surface area (Å²) in [7, 11) is -4.01. The zero-order valence-electron chi connectivity index (χ0n) is 20.6. The molecule has 2 heterocycles. The van der Waals surface area contributed by atoms with Gasteiger partial charge in [0.2, 0.25) is 0 Å². The number of aryl methyl sites for hydroxylation is 1. The van der Waals surface area contributed by atoms with Crippen LogP contribution in [0.4, 0.5) is 0 Å². The van der Waals surface area contributed by atoms with E-state index in [-0.39, 0.29) is 18.0 Å². The summed E-state index contributed by atoms with van der Waals surface area (Å²) < 4.78 is 35.6. The third-order valence-corrected chi connectivity index (χ3v) is 8.70. The topological polar surface area (TPSA) is 146 Å². The van der Waals surface area contributed by atoms with Crippen LogP contribution < -0.4 is 15.8 Å². The molecule has 0 bridgehead atoms. The first-order chi connectivity index (χ1) is 17.2. The van der Waals surface area contributed by atoms with E-state index in [1.807, 2.05) is 13.0 Å². The summed E-state index contributed by atoms with van der Waals surface area (Å²) in [6.07, 6.45) is -3.34. The van der Waals surface area contributed by atoms with E-state index >= 15 is 0 Å². The Morgan fingerprint density at radius 3 is 2.65 bits per heavy atom. The number of nitrogens with zero attached hydrogens (tertiary/aromatic N) is 1. The van der Waals surface area contributed by atoms with E-state index in [2.05, 4.69) is 20.9 Å². The van der Waals surface area contributed by atoms with Crippen LogP contribution >= 0.6 is 35.1 Å². The fourth-order valence-electron chi connectivity index (χ4n) is 3.61. The fraction of sp³-hybridized carbons (Fsp3) is 0.522. The van der Waals surface area contributed by atoms with Gasteiger partial charge in [-0.25, -0.2) is 9.36 Å². The van der Waals surface area contributed by atoms with E-state index < -0.39 is 59.6 Å². The van der Waals surface area contributed by atoms with Gasteiger partial charge in [0.15, 0.2) is 10.0 Å². The number of H-pyrrole nitrogens is 1. The van der Waals surface area contributed by atoms with Crippen LogP contribution in [0.15, 0.2) is 46.1 Å². The highest BCUT2D eigenvalue weighted by molar-refractivity contribution is 9.10. The number of halogens is 2. The first-order valence-electron chi connectivity index (χ1n) is 11.4. The largest absolute Gasteiger partial charge is 0.463 e. The highest BCUT2D eigenvalue weighted by atomic mass is 79.9. The Morgan fingerprint density at radius 1 is 1.32 bits per heavy atom. The van der Waals surface area contributed by atoms with Gasteiger partial charge in [-0.05, 0) is 38.5 Å². The van der Waals surface area contributed by atoms with Gasteiger partial charge in [-0.2, -0.15) is 0 Å². The highest BCUT2D eigenvalue weighted by Gasteiger charge is 2.55. The molecule has 3 rings (SSSR count). The van der Waals surface area contributed by atoms with Crippen molar-refractivity contribution in [2.24, 2.45) is 5.92 Å². The van der Waals surface area contributed by atoms with Crippen molar-refractivity contribution >= 4 is 41.1 Å². The molecule has 1 fully saturated rings. The third kappa shape index (κ3) is 7.34. The molecular weight excluding hydrogens is 595 g/mol. The number of benzene rings is 1. The minimum atomic E-state index is -4.01. The average molecular weight is 624 g/mol. The lowest BCUT2D eigenvalue weighted by Crippen LogP contribution is -2.40. The highest BCUT2D eigenvalue weighted by Crippen LogP contribution is 2.52. The van der Waals surface area contributed by atoms with Gasteiger partial charge in [0.25, 0.3) is 5.56 Å². The number of aliphatic hydroxyl groups excluding tert-OH is 1. The number of esters is 1. The first-order valence-corrected chi connectivity index (χ1v) is 14.3. The number of rotatable bonds is 10. The Balaban J connectivity index is 1.82. The first kappa shape index (κ1) is 29.6. The Hall–Kier alpha value is -1.95. The van der Waals surface area contributed by atoms with E-state index in [9.17, 15) is 24.1 Å². The molecule has 1 aromatic carbocycles. The van der Waals surface area contributed by atoms with Gasteiger partial charge in [-0.1, -0.05) is 46.6 Å². The molecule has 37 heavy (non-hydrogen) atoms. The number of hydrogen-bond donors (Lipinski definition) is 2. The van der Waals surface area contributed by atoms with Crippen LogP contribution in [-0.2, 0) is 23.4 Å². The van der Waals surface area contributed by atoms with Gasteiger partial charge >= 0.3 is 19.3 Å². The van der Waals surface area contributed by atoms with Crippen LogP contribution in [0.25, 0.3) is 0 Å². The second-order valence-electron chi connectivity index (χ2n) is 9.05. The van der Waals surface area contributed by atoms with Gasteiger partial charge in [0.1, 0.15) is 18.0 Å². The van der Waals surface area contributed by atoms with Crippen molar-refractivity contribution in [1.29, 1.82) is 0 Å². The predicted molar refractivity (Wildman–Crippen MR) is 139 cm³/mol. The number of carbonyl (C=O) groups excluding carboxylic acids is 1. The molecular formula is C23H29BrClN2O9P. The number of hydrogen-bond acceptors (Lipinski definition) is 9. The number of aromatic nitrogens is 2. The summed E-state index contributed by atoms with van der Waals surface area (Å²) in [5.41, 5.74) is -0.568. The number of aliphatic hydroxyl groups is 1. The lowest BCUT2D eigenvalue weighted by atomic mass is 10.2. The molecule has 0 spiro atoms. The van der Waals surface area contributed by atoms with Crippen molar-refractivity contribution in [3.8, 4) is 5.75 Å². The normalized spacial score (nSPS) is 26.0. The number of alkyl halides is 2. The Labute approximate surface area is 226 Å². The summed E-state index contributed by atoms with van der Waals surface area (Å²) in [5, 5.41) is 10.8. The molecule has 2 aromatic rings. The number of carbonyl (C=O) groups is 1. The lowest BCUT2D eigenvalue weighted by molar-refractivity contribution is -0.151. The Kier molecular flexibility index (Phi) is 9.47. The fourth-order valence-corrected chi connectivity index (χ4v) is 6.39. The molecule has 6 atom stereocenters. The smallest absolute Gasteiger partial charge is 0.380 e. The number of aromatic amines is 1. The van der Waals surface area contributed by atoms with E-state index in [1.165, 1.54) is 6.20 Å².